The molecule has 9 heteroatoms. The van der Waals surface area contributed by atoms with Crippen LogP contribution in [0.5, 0.6) is 0 Å². The van der Waals surface area contributed by atoms with Crippen molar-refractivity contribution in [1.82, 2.24) is 29.7 Å². The van der Waals surface area contributed by atoms with Crippen molar-refractivity contribution in [2.75, 3.05) is 25.2 Å². The molecular weight excluding hydrogens is 342 g/mol. The van der Waals surface area contributed by atoms with E-state index in [2.05, 4.69) is 25.0 Å². The molecule has 3 aromatic rings. The number of hydrogen-bond donors (Lipinski definition) is 0. The summed E-state index contributed by atoms with van der Waals surface area (Å²) in [4.78, 5) is 18.9. The molecule has 0 unspecified atom stereocenters. The zero-order valence-corrected chi connectivity index (χ0v) is 15.2. The Morgan fingerprint density at radius 1 is 1.28 bits per heavy atom. The Labute approximate surface area is 150 Å². The number of aryl methyl sites for hydroxylation is 1. The van der Waals surface area contributed by atoms with Crippen LogP contribution < -0.4 is 4.90 Å². The SMILES string of the molecule is CCOCCn1nc(CC)c2nc(Cl)nc(N(C)c3ccncn3)c21. The number of nitrogens with zero attached hydrogens (tertiary/aromatic N) is 7. The molecule has 0 N–H and O–H groups in total. The third-order valence-corrected chi connectivity index (χ3v) is 3.99. The molecule has 0 aliphatic heterocycles. The molecule has 0 saturated heterocycles. The van der Waals surface area contributed by atoms with Gasteiger partial charge in [-0.05, 0) is 31.0 Å². The largest absolute Gasteiger partial charge is 0.380 e. The van der Waals surface area contributed by atoms with Crippen molar-refractivity contribution in [2.24, 2.45) is 0 Å². The Morgan fingerprint density at radius 2 is 2.12 bits per heavy atom. The second kappa shape index (κ2) is 7.71. The van der Waals surface area contributed by atoms with E-state index >= 15 is 0 Å². The summed E-state index contributed by atoms with van der Waals surface area (Å²) in [7, 11) is 1.88. The van der Waals surface area contributed by atoms with Crippen molar-refractivity contribution >= 4 is 34.3 Å². The number of ether oxygens (including phenoxy) is 1. The standard InChI is InChI=1S/C16H20ClN7O/c1-4-11-13-14(24(22-11)8-9-25-5-2)15(21-16(17)20-13)23(3)12-6-7-18-10-19-12/h6-7,10H,4-5,8-9H2,1-3H3. The van der Waals surface area contributed by atoms with Gasteiger partial charge in [-0.3, -0.25) is 4.68 Å². The topological polar surface area (TPSA) is 81.9 Å². The number of hydrogen-bond acceptors (Lipinski definition) is 7. The normalized spacial score (nSPS) is 11.2. The summed E-state index contributed by atoms with van der Waals surface area (Å²) in [6.45, 7) is 5.85. The van der Waals surface area contributed by atoms with Crippen molar-refractivity contribution in [3.05, 3.63) is 29.6 Å². The maximum absolute atomic E-state index is 6.18. The lowest BCUT2D eigenvalue weighted by Crippen LogP contribution is -2.16. The fourth-order valence-corrected chi connectivity index (χ4v) is 2.78. The minimum absolute atomic E-state index is 0.183. The third-order valence-electron chi connectivity index (χ3n) is 3.83. The number of aromatic nitrogens is 6. The van der Waals surface area contributed by atoms with E-state index in [1.54, 1.807) is 6.20 Å². The Bertz CT molecular complexity index is 853. The molecule has 0 bridgehead atoms. The van der Waals surface area contributed by atoms with Gasteiger partial charge in [-0.15, -0.1) is 0 Å². The van der Waals surface area contributed by atoms with Crippen LogP contribution in [0.2, 0.25) is 5.28 Å². The Kier molecular flexibility index (Phi) is 5.40. The average molecular weight is 362 g/mol. The molecule has 132 valence electrons. The van der Waals surface area contributed by atoms with Crippen LogP contribution in [-0.2, 0) is 17.7 Å². The second-order valence-corrected chi connectivity index (χ2v) is 5.70. The molecule has 25 heavy (non-hydrogen) atoms. The van der Waals surface area contributed by atoms with Crippen molar-refractivity contribution in [1.29, 1.82) is 0 Å². The van der Waals surface area contributed by atoms with Gasteiger partial charge in [0.2, 0.25) is 5.28 Å². The van der Waals surface area contributed by atoms with E-state index in [0.29, 0.717) is 31.4 Å². The molecule has 0 saturated carbocycles. The molecule has 3 aromatic heterocycles. The maximum atomic E-state index is 6.18. The minimum Gasteiger partial charge on any atom is -0.380 e. The van der Waals surface area contributed by atoms with E-state index in [1.165, 1.54) is 6.33 Å². The van der Waals surface area contributed by atoms with Gasteiger partial charge >= 0.3 is 0 Å². The van der Waals surface area contributed by atoms with E-state index in [4.69, 9.17) is 16.3 Å². The van der Waals surface area contributed by atoms with Crippen molar-refractivity contribution in [3.63, 3.8) is 0 Å². The van der Waals surface area contributed by atoms with Crippen molar-refractivity contribution in [2.45, 2.75) is 26.8 Å². The van der Waals surface area contributed by atoms with E-state index in [-0.39, 0.29) is 5.28 Å². The van der Waals surface area contributed by atoms with Gasteiger partial charge in [0.15, 0.2) is 5.82 Å². The Balaban J connectivity index is 2.14. The highest BCUT2D eigenvalue weighted by Gasteiger charge is 2.21. The zero-order chi connectivity index (χ0) is 17.8. The van der Waals surface area contributed by atoms with Gasteiger partial charge in [0.25, 0.3) is 0 Å². The second-order valence-electron chi connectivity index (χ2n) is 5.36. The lowest BCUT2D eigenvalue weighted by atomic mass is 10.2. The van der Waals surface area contributed by atoms with Gasteiger partial charge in [-0.2, -0.15) is 10.1 Å². The predicted octanol–water partition coefficient (Wildman–Crippen LogP) is 2.64. The van der Waals surface area contributed by atoms with Gasteiger partial charge in [-0.25, -0.2) is 15.0 Å². The van der Waals surface area contributed by atoms with Crippen LogP contribution in [0.15, 0.2) is 18.6 Å². The predicted molar refractivity (Wildman–Crippen MR) is 96.3 cm³/mol. The fourth-order valence-electron chi connectivity index (χ4n) is 2.62. The minimum atomic E-state index is 0.183. The first-order chi connectivity index (χ1) is 12.2. The molecule has 0 aliphatic carbocycles. The number of anilines is 2. The lowest BCUT2D eigenvalue weighted by Gasteiger charge is -2.18. The van der Waals surface area contributed by atoms with Gasteiger partial charge in [0.05, 0.1) is 18.8 Å². The first kappa shape index (κ1) is 17.5. The molecule has 3 rings (SSSR count). The highest BCUT2D eigenvalue weighted by atomic mass is 35.5. The van der Waals surface area contributed by atoms with E-state index in [0.717, 1.165) is 23.1 Å². The van der Waals surface area contributed by atoms with Crippen LogP contribution in [-0.4, -0.2) is 50.0 Å². The van der Waals surface area contributed by atoms with Gasteiger partial charge in [0, 0.05) is 19.9 Å². The smallest absolute Gasteiger partial charge is 0.225 e. The summed E-state index contributed by atoms with van der Waals surface area (Å²) in [5.41, 5.74) is 2.46. The molecule has 8 nitrogen and oxygen atoms in total. The number of fused-ring (bicyclic) bond motifs is 1. The molecule has 3 heterocycles. The van der Waals surface area contributed by atoms with Crippen LogP contribution in [0, 0.1) is 0 Å². The van der Waals surface area contributed by atoms with Crippen molar-refractivity contribution < 1.29 is 4.74 Å². The van der Waals surface area contributed by atoms with Crippen LogP contribution >= 0.6 is 11.6 Å². The van der Waals surface area contributed by atoms with Gasteiger partial charge in [0.1, 0.15) is 23.2 Å². The summed E-state index contributed by atoms with van der Waals surface area (Å²) in [6.07, 6.45) is 3.93. The van der Waals surface area contributed by atoms with Crippen LogP contribution in [0.3, 0.4) is 0 Å². The molecule has 0 aromatic carbocycles. The lowest BCUT2D eigenvalue weighted by molar-refractivity contribution is 0.137. The fraction of sp³-hybridized carbons (Fsp3) is 0.438. The van der Waals surface area contributed by atoms with E-state index in [1.807, 2.05) is 36.5 Å². The Hall–Kier alpha value is -2.32. The monoisotopic (exact) mass is 361 g/mol. The molecule has 0 radical (unpaired) electrons. The number of halogens is 1. The summed E-state index contributed by atoms with van der Waals surface area (Å²) < 4.78 is 7.36. The highest BCUT2D eigenvalue weighted by Crippen LogP contribution is 2.30. The summed E-state index contributed by atoms with van der Waals surface area (Å²) >= 11 is 6.18. The Morgan fingerprint density at radius 3 is 2.80 bits per heavy atom. The third kappa shape index (κ3) is 3.54. The summed E-state index contributed by atoms with van der Waals surface area (Å²) in [6, 6.07) is 1.81. The average Bonchev–Trinajstić information content (AvgIpc) is 2.99. The van der Waals surface area contributed by atoms with Gasteiger partial charge in [-0.1, -0.05) is 6.92 Å². The van der Waals surface area contributed by atoms with Crippen LogP contribution in [0.1, 0.15) is 19.5 Å². The van der Waals surface area contributed by atoms with Gasteiger partial charge < -0.3 is 9.64 Å². The van der Waals surface area contributed by atoms with Crippen LogP contribution in [0.25, 0.3) is 11.0 Å². The molecule has 0 atom stereocenters. The zero-order valence-electron chi connectivity index (χ0n) is 14.5. The molecular formula is C16H20ClN7O. The maximum Gasteiger partial charge on any atom is 0.225 e. The van der Waals surface area contributed by atoms with E-state index < -0.39 is 0 Å². The van der Waals surface area contributed by atoms with Crippen LogP contribution in [0.4, 0.5) is 11.6 Å². The molecule has 0 aliphatic rings. The van der Waals surface area contributed by atoms with E-state index in [9.17, 15) is 0 Å². The van der Waals surface area contributed by atoms with Crippen molar-refractivity contribution in [3.8, 4) is 0 Å². The number of rotatable bonds is 7. The molecule has 0 amide bonds. The molecule has 0 fully saturated rings. The highest BCUT2D eigenvalue weighted by molar-refractivity contribution is 6.28. The quantitative estimate of drug-likeness (QED) is 0.472. The first-order valence-corrected chi connectivity index (χ1v) is 8.53. The summed E-state index contributed by atoms with van der Waals surface area (Å²) in [5.74, 6) is 1.36. The first-order valence-electron chi connectivity index (χ1n) is 8.16. The summed E-state index contributed by atoms with van der Waals surface area (Å²) in [5, 5.41) is 4.86. The molecule has 0 spiro atoms.